The molecular weight excluding hydrogens is 495 g/mol. The summed E-state index contributed by atoms with van der Waals surface area (Å²) in [5.74, 6) is -0.451. The molecule has 1 saturated heterocycles. The van der Waals surface area contributed by atoms with Crippen LogP contribution in [0.5, 0.6) is 0 Å². The Morgan fingerprint density at radius 2 is 1.62 bits per heavy atom. The van der Waals surface area contributed by atoms with Crippen molar-refractivity contribution in [3.8, 4) is 0 Å². The fraction of sp³-hybridized carbons (Fsp3) is 0.370. The van der Waals surface area contributed by atoms with E-state index in [1.165, 1.54) is 13.8 Å². The van der Waals surface area contributed by atoms with E-state index in [0.717, 1.165) is 50.5 Å². The number of carbonyl (C=O) groups excluding carboxylic acids is 1. The van der Waals surface area contributed by atoms with Gasteiger partial charge in [0.05, 0.1) is 23.5 Å². The molecule has 3 N–H and O–H groups in total. The Morgan fingerprint density at radius 3 is 2.32 bits per heavy atom. The van der Waals surface area contributed by atoms with Crippen LogP contribution < -0.4 is 15.4 Å². The van der Waals surface area contributed by atoms with E-state index in [2.05, 4.69) is 20.3 Å². The summed E-state index contributed by atoms with van der Waals surface area (Å²) in [6.45, 7) is 7.17. The predicted octanol–water partition coefficient (Wildman–Crippen LogP) is 4.32. The molecule has 1 heterocycles. The molecule has 10 heteroatoms. The van der Waals surface area contributed by atoms with Crippen LogP contribution in [0.25, 0.3) is 10.8 Å². The number of sulfonamides is 1. The number of nitrogens with one attached hydrogen (secondary N) is 3. The van der Waals surface area contributed by atoms with E-state index < -0.39 is 28.0 Å². The molecule has 3 aromatic carbocycles. The Kier molecular flexibility index (Phi) is 8.31. The van der Waals surface area contributed by atoms with Crippen molar-refractivity contribution in [2.75, 3.05) is 61.4 Å². The molecule has 1 aliphatic rings. The molecule has 0 atom stereocenters. The maximum absolute atomic E-state index is 13.3. The van der Waals surface area contributed by atoms with Crippen LogP contribution >= 0.6 is 0 Å². The Morgan fingerprint density at radius 1 is 0.973 bits per heavy atom. The number of anilines is 3. The van der Waals surface area contributed by atoms with Gasteiger partial charge in [-0.1, -0.05) is 24.3 Å². The van der Waals surface area contributed by atoms with Gasteiger partial charge in [0, 0.05) is 54.0 Å². The zero-order chi connectivity index (χ0) is 26.5. The highest BCUT2D eigenvalue weighted by molar-refractivity contribution is 7.93. The van der Waals surface area contributed by atoms with Crippen molar-refractivity contribution in [2.24, 2.45) is 5.41 Å². The molecule has 0 radical (unpaired) electrons. The number of hydrogen-bond acceptors (Lipinski definition) is 6. The maximum Gasteiger partial charge on any atom is 0.262 e. The Bertz CT molecular complexity index is 1340. The highest BCUT2D eigenvalue weighted by Gasteiger charge is 2.27. The van der Waals surface area contributed by atoms with Gasteiger partial charge in [0.25, 0.3) is 10.0 Å². The number of alkyl halides is 1. The molecule has 0 bridgehead atoms. The molecule has 3 aromatic rings. The smallest absolute Gasteiger partial charge is 0.262 e. The molecule has 0 unspecified atom stereocenters. The van der Waals surface area contributed by atoms with Crippen LogP contribution in [-0.2, 0) is 19.6 Å². The first kappa shape index (κ1) is 26.8. The zero-order valence-electron chi connectivity index (χ0n) is 21.1. The van der Waals surface area contributed by atoms with E-state index >= 15 is 0 Å². The third-order valence-electron chi connectivity index (χ3n) is 6.36. The van der Waals surface area contributed by atoms with E-state index in [0.29, 0.717) is 16.8 Å². The average Bonchev–Trinajstić information content (AvgIpc) is 2.90. The van der Waals surface area contributed by atoms with Gasteiger partial charge in [-0.3, -0.25) is 14.4 Å². The molecule has 0 aromatic heterocycles. The summed E-state index contributed by atoms with van der Waals surface area (Å²) < 4.78 is 47.7. The van der Waals surface area contributed by atoms with Crippen molar-refractivity contribution in [1.29, 1.82) is 0 Å². The molecule has 1 fully saturated rings. The highest BCUT2D eigenvalue weighted by Crippen LogP contribution is 2.30. The number of morpholine rings is 1. The van der Waals surface area contributed by atoms with E-state index in [1.54, 1.807) is 42.5 Å². The van der Waals surface area contributed by atoms with Gasteiger partial charge < -0.3 is 15.4 Å². The molecule has 0 spiro atoms. The van der Waals surface area contributed by atoms with E-state index in [-0.39, 0.29) is 4.90 Å². The molecular formula is C27H33FN4O4S. The lowest BCUT2D eigenvalue weighted by Gasteiger charge is -2.26. The fourth-order valence-corrected chi connectivity index (χ4v) is 5.32. The summed E-state index contributed by atoms with van der Waals surface area (Å²) in [5, 5.41) is 7.53. The minimum atomic E-state index is -3.89. The van der Waals surface area contributed by atoms with Gasteiger partial charge in [-0.25, -0.2) is 12.8 Å². The minimum Gasteiger partial charge on any atom is -0.383 e. The number of amides is 1. The van der Waals surface area contributed by atoms with Crippen molar-refractivity contribution >= 4 is 43.8 Å². The van der Waals surface area contributed by atoms with Gasteiger partial charge in [0.2, 0.25) is 5.91 Å². The average molecular weight is 529 g/mol. The third-order valence-corrected chi connectivity index (χ3v) is 7.80. The standard InChI is InChI=1S/C27H33FN4O4S/c1-27(2,19-28)26(33)30-20-9-11-21(12-10-20)31-37(34,35)25-8-4-5-22-23(25)6-3-7-24(22)29-13-14-32-15-17-36-18-16-32/h3-12,29,31H,13-19H2,1-2H3,(H,30,33). The van der Waals surface area contributed by atoms with Crippen molar-refractivity contribution in [3.63, 3.8) is 0 Å². The summed E-state index contributed by atoms with van der Waals surface area (Å²) in [7, 11) is -3.89. The van der Waals surface area contributed by atoms with Crippen LogP contribution in [0.2, 0.25) is 0 Å². The number of hydrogen-bond donors (Lipinski definition) is 3. The number of ether oxygens (including phenoxy) is 1. The van der Waals surface area contributed by atoms with Crippen molar-refractivity contribution < 1.29 is 22.3 Å². The predicted molar refractivity (Wildman–Crippen MR) is 145 cm³/mol. The van der Waals surface area contributed by atoms with E-state index in [9.17, 15) is 17.6 Å². The first-order valence-electron chi connectivity index (χ1n) is 12.3. The third kappa shape index (κ3) is 6.57. The van der Waals surface area contributed by atoms with Crippen molar-refractivity contribution in [2.45, 2.75) is 18.7 Å². The molecule has 1 amide bonds. The number of carbonyl (C=O) groups is 1. The molecule has 4 rings (SSSR count). The normalized spacial score (nSPS) is 14.9. The lowest BCUT2D eigenvalue weighted by Crippen LogP contribution is -2.39. The second kappa shape index (κ2) is 11.5. The van der Waals surface area contributed by atoms with Crippen LogP contribution in [-0.4, -0.2) is 65.3 Å². The molecule has 0 saturated carbocycles. The van der Waals surface area contributed by atoms with Gasteiger partial charge in [-0.2, -0.15) is 0 Å². The van der Waals surface area contributed by atoms with Gasteiger partial charge in [0.15, 0.2) is 0 Å². The van der Waals surface area contributed by atoms with Crippen molar-refractivity contribution in [3.05, 3.63) is 60.7 Å². The SMILES string of the molecule is CC(C)(CF)C(=O)Nc1ccc(NS(=O)(=O)c2cccc3c(NCCN4CCOCC4)cccc23)cc1. The lowest BCUT2D eigenvalue weighted by atomic mass is 9.94. The van der Waals surface area contributed by atoms with Crippen LogP contribution in [0.3, 0.4) is 0 Å². The summed E-state index contributed by atoms with van der Waals surface area (Å²) in [6, 6.07) is 17.1. The quantitative estimate of drug-likeness (QED) is 0.363. The second-order valence-electron chi connectivity index (χ2n) is 9.69. The van der Waals surface area contributed by atoms with Crippen LogP contribution in [0.4, 0.5) is 21.5 Å². The zero-order valence-corrected chi connectivity index (χ0v) is 21.9. The van der Waals surface area contributed by atoms with Gasteiger partial charge in [-0.05, 0) is 50.2 Å². The minimum absolute atomic E-state index is 0.170. The first-order chi connectivity index (χ1) is 17.7. The molecule has 1 aliphatic heterocycles. The van der Waals surface area contributed by atoms with Gasteiger partial charge in [0.1, 0.15) is 6.67 Å². The van der Waals surface area contributed by atoms with Crippen LogP contribution in [0.1, 0.15) is 13.8 Å². The second-order valence-corrected chi connectivity index (χ2v) is 11.3. The number of fused-ring (bicyclic) bond motifs is 1. The summed E-state index contributed by atoms with van der Waals surface area (Å²) in [4.78, 5) is 14.7. The Labute approximate surface area is 217 Å². The largest absolute Gasteiger partial charge is 0.383 e. The molecule has 37 heavy (non-hydrogen) atoms. The van der Waals surface area contributed by atoms with Gasteiger partial charge in [-0.15, -0.1) is 0 Å². The van der Waals surface area contributed by atoms with Gasteiger partial charge >= 0.3 is 0 Å². The monoisotopic (exact) mass is 528 g/mol. The highest BCUT2D eigenvalue weighted by atomic mass is 32.2. The van der Waals surface area contributed by atoms with Crippen LogP contribution in [0, 0.1) is 5.41 Å². The summed E-state index contributed by atoms with van der Waals surface area (Å²) in [5.41, 5.74) is 0.524. The number of rotatable bonds is 10. The number of nitrogens with zero attached hydrogens (tertiary/aromatic N) is 1. The first-order valence-corrected chi connectivity index (χ1v) is 13.7. The van der Waals surface area contributed by atoms with E-state index in [4.69, 9.17) is 4.74 Å². The number of benzene rings is 3. The summed E-state index contributed by atoms with van der Waals surface area (Å²) >= 11 is 0. The molecule has 8 nitrogen and oxygen atoms in total. The Balaban J connectivity index is 1.48. The fourth-order valence-electron chi connectivity index (χ4n) is 4.04. The van der Waals surface area contributed by atoms with Crippen LogP contribution in [0.15, 0.2) is 65.6 Å². The lowest BCUT2D eigenvalue weighted by molar-refractivity contribution is -0.124. The summed E-state index contributed by atoms with van der Waals surface area (Å²) in [6.07, 6.45) is 0. The van der Waals surface area contributed by atoms with Crippen molar-refractivity contribution in [1.82, 2.24) is 4.90 Å². The Hall–Kier alpha value is -3.21. The maximum atomic E-state index is 13.3. The molecule has 0 aliphatic carbocycles. The molecule has 198 valence electrons. The van der Waals surface area contributed by atoms with E-state index in [1.807, 2.05) is 18.2 Å². The topological polar surface area (TPSA) is 99.8 Å². The number of halogens is 1.